The number of hydrogen-bond acceptors (Lipinski definition) is 4. The summed E-state index contributed by atoms with van der Waals surface area (Å²) in [5.74, 6) is -1.95. The maximum absolute atomic E-state index is 13.0. The molecule has 1 aliphatic heterocycles. The summed E-state index contributed by atoms with van der Waals surface area (Å²) < 4.78 is 38.6. The maximum atomic E-state index is 13.0. The van der Waals surface area contributed by atoms with Crippen LogP contribution in [0.4, 0.5) is 4.39 Å². The molecule has 0 bridgehead atoms. The molecule has 0 aromatic heterocycles. The second-order valence-electron chi connectivity index (χ2n) is 4.39. The number of aliphatic carboxylic acids is 1. The Balaban J connectivity index is 2.46. The molecule has 2 atom stereocenters. The fourth-order valence-corrected chi connectivity index (χ4v) is 4.73. The Morgan fingerprint density at radius 3 is 2.65 bits per heavy atom. The van der Waals surface area contributed by atoms with Crippen molar-refractivity contribution >= 4 is 31.9 Å². The van der Waals surface area contributed by atoms with Crippen molar-refractivity contribution in [2.75, 3.05) is 6.54 Å². The van der Waals surface area contributed by atoms with E-state index in [9.17, 15) is 22.7 Å². The van der Waals surface area contributed by atoms with Gasteiger partial charge in [-0.25, -0.2) is 12.8 Å². The number of nitrogens with zero attached hydrogens (tertiary/aromatic N) is 1. The average molecular weight is 368 g/mol. The molecule has 1 aliphatic rings. The van der Waals surface area contributed by atoms with Gasteiger partial charge in [0.1, 0.15) is 11.9 Å². The molecular weight excluding hydrogens is 357 g/mol. The molecule has 0 spiro atoms. The number of benzene rings is 1. The molecule has 1 fully saturated rings. The molecule has 0 unspecified atom stereocenters. The first kappa shape index (κ1) is 15.4. The van der Waals surface area contributed by atoms with Crippen molar-refractivity contribution in [2.24, 2.45) is 0 Å². The van der Waals surface area contributed by atoms with Gasteiger partial charge in [-0.15, -0.1) is 0 Å². The van der Waals surface area contributed by atoms with Gasteiger partial charge in [-0.05, 0) is 34.1 Å². The fourth-order valence-electron chi connectivity index (χ4n) is 2.09. The number of hydrogen-bond donors (Lipinski definition) is 2. The zero-order chi connectivity index (χ0) is 15.1. The van der Waals surface area contributed by atoms with Gasteiger partial charge in [0.15, 0.2) is 0 Å². The van der Waals surface area contributed by atoms with E-state index in [0.717, 1.165) is 22.5 Å². The first-order valence-electron chi connectivity index (χ1n) is 5.61. The lowest BCUT2D eigenvalue weighted by molar-refractivity contribution is -0.140. The molecule has 1 saturated heterocycles. The summed E-state index contributed by atoms with van der Waals surface area (Å²) in [4.78, 5) is 10.8. The van der Waals surface area contributed by atoms with Crippen LogP contribution in [0.3, 0.4) is 0 Å². The van der Waals surface area contributed by atoms with Crippen LogP contribution in [0, 0.1) is 5.82 Å². The number of carbonyl (C=O) groups is 1. The van der Waals surface area contributed by atoms with Crippen LogP contribution in [0.5, 0.6) is 0 Å². The summed E-state index contributed by atoms with van der Waals surface area (Å²) in [6.45, 7) is -0.302. The smallest absolute Gasteiger partial charge is 0.322 e. The highest BCUT2D eigenvalue weighted by molar-refractivity contribution is 9.10. The van der Waals surface area contributed by atoms with E-state index in [4.69, 9.17) is 5.11 Å². The largest absolute Gasteiger partial charge is 0.480 e. The van der Waals surface area contributed by atoms with Crippen molar-refractivity contribution in [2.45, 2.75) is 23.5 Å². The van der Waals surface area contributed by atoms with Gasteiger partial charge in [0.2, 0.25) is 10.0 Å². The molecule has 0 amide bonds. The Kier molecular flexibility index (Phi) is 4.14. The molecular formula is C11H11BrFNO5S. The van der Waals surface area contributed by atoms with Gasteiger partial charge < -0.3 is 10.2 Å². The number of sulfonamides is 1. The van der Waals surface area contributed by atoms with Crippen molar-refractivity contribution in [1.29, 1.82) is 0 Å². The highest BCUT2D eigenvalue weighted by atomic mass is 79.9. The van der Waals surface area contributed by atoms with Crippen LogP contribution in [0.2, 0.25) is 0 Å². The SMILES string of the molecule is O=C(O)[C@@H]1C[C@@H](O)CN1S(=O)(=O)c1ccc(F)cc1Br. The lowest BCUT2D eigenvalue weighted by atomic mass is 10.2. The average Bonchev–Trinajstić information content (AvgIpc) is 2.71. The molecule has 0 aliphatic carbocycles. The third-order valence-corrected chi connectivity index (χ3v) is 5.85. The second-order valence-corrected chi connectivity index (χ2v) is 7.11. The van der Waals surface area contributed by atoms with Crippen molar-refractivity contribution < 1.29 is 27.8 Å². The molecule has 1 heterocycles. The fraction of sp³-hybridized carbons (Fsp3) is 0.364. The monoisotopic (exact) mass is 367 g/mol. The van der Waals surface area contributed by atoms with Crippen LogP contribution in [0.25, 0.3) is 0 Å². The first-order chi connectivity index (χ1) is 9.23. The number of β-amino-alcohol motifs (C(OH)–C–C–N with tert-alkyl or cyclic N) is 1. The van der Waals surface area contributed by atoms with E-state index in [0.29, 0.717) is 0 Å². The number of aliphatic hydroxyl groups excluding tert-OH is 1. The predicted octanol–water partition coefficient (Wildman–Crippen LogP) is 0.797. The Labute approximate surface area is 123 Å². The number of carboxylic acid groups (broad SMARTS) is 1. The van der Waals surface area contributed by atoms with Gasteiger partial charge in [-0.1, -0.05) is 0 Å². The van der Waals surface area contributed by atoms with Crippen LogP contribution in [-0.4, -0.2) is 47.6 Å². The van der Waals surface area contributed by atoms with Gasteiger partial charge in [-0.3, -0.25) is 4.79 Å². The van der Waals surface area contributed by atoms with E-state index < -0.39 is 34.0 Å². The van der Waals surface area contributed by atoms with Gasteiger partial charge in [0, 0.05) is 17.4 Å². The van der Waals surface area contributed by atoms with E-state index in [2.05, 4.69) is 15.9 Å². The predicted molar refractivity (Wildman–Crippen MR) is 70.0 cm³/mol. The van der Waals surface area contributed by atoms with E-state index in [-0.39, 0.29) is 22.3 Å². The zero-order valence-corrected chi connectivity index (χ0v) is 12.4. The summed E-state index contributed by atoms with van der Waals surface area (Å²) in [6.07, 6.45) is -1.21. The molecule has 110 valence electrons. The lowest BCUT2D eigenvalue weighted by Gasteiger charge is -2.21. The molecule has 1 aromatic carbocycles. The van der Waals surface area contributed by atoms with Gasteiger partial charge in [0.25, 0.3) is 0 Å². The van der Waals surface area contributed by atoms with E-state index in [1.165, 1.54) is 0 Å². The van der Waals surface area contributed by atoms with Crippen molar-refractivity contribution in [3.63, 3.8) is 0 Å². The molecule has 6 nitrogen and oxygen atoms in total. The number of halogens is 2. The topological polar surface area (TPSA) is 94.9 Å². The molecule has 1 aromatic rings. The van der Waals surface area contributed by atoms with Crippen molar-refractivity contribution in [3.8, 4) is 0 Å². The van der Waals surface area contributed by atoms with Gasteiger partial charge in [0.05, 0.1) is 11.0 Å². The van der Waals surface area contributed by atoms with Crippen molar-refractivity contribution in [1.82, 2.24) is 4.31 Å². The van der Waals surface area contributed by atoms with E-state index in [1.54, 1.807) is 0 Å². The second kappa shape index (κ2) is 5.40. The lowest BCUT2D eigenvalue weighted by Crippen LogP contribution is -2.40. The van der Waals surface area contributed by atoms with Crippen LogP contribution in [0.1, 0.15) is 6.42 Å². The Morgan fingerprint density at radius 1 is 1.45 bits per heavy atom. The zero-order valence-electron chi connectivity index (χ0n) is 10.0. The summed E-state index contributed by atoms with van der Waals surface area (Å²) in [7, 11) is -4.13. The first-order valence-corrected chi connectivity index (χ1v) is 7.84. The summed E-state index contributed by atoms with van der Waals surface area (Å²) in [5.41, 5.74) is 0. The minimum atomic E-state index is -4.13. The normalized spacial score (nSPS) is 23.9. The van der Waals surface area contributed by atoms with Gasteiger partial charge in [-0.2, -0.15) is 4.31 Å². The highest BCUT2D eigenvalue weighted by Gasteiger charge is 2.44. The van der Waals surface area contributed by atoms with Crippen LogP contribution >= 0.6 is 15.9 Å². The third-order valence-electron chi connectivity index (χ3n) is 3.00. The molecule has 2 N–H and O–H groups in total. The third kappa shape index (κ3) is 2.71. The Morgan fingerprint density at radius 2 is 2.10 bits per heavy atom. The minimum Gasteiger partial charge on any atom is -0.480 e. The molecule has 0 radical (unpaired) electrons. The molecule has 20 heavy (non-hydrogen) atoms. The van der Waals surface area contributed by atoms with Crippen molar-refractivity contribution in [3.05, 3.63) is 28.5 Å². The van der Waals surface area contributed by atoms with Crippen LogP contribution < -0.4 is 0 Å². The quantitative estimate of drug-likeness (QED) is 0.823. The summed E-state index contributed by atoms with van der Waals surface area (Å²) in [6, 6.07) is 1.68. The van der Waals surface area contributed by atoms with Gasteiger partial charge >= 0.3 is 5.97 Å². The highest BCUT2D eigenvalue weighted by Crippen LogP contribution is 2.31. The maximum Gasteiger partial charge on any atom is 0.322 e. The molecule has 2 rings (SSSR count). The van der Waals surface area contributed by atoms with E-state index >= 15 is 0 Å². The summed E-state index contributed by atoms with van der Waals surface area (Å²) >= 11 is 2.95. The number of aliphatic hydroxyl groups is 1. The van der Waals surface area contributed by atoms with E-state index in [1.807, 2.05) is 0 Å². The summed E-state index contributed by atoms with van der Waals surface area (Å²) in [5, 5.41) is 18.5. The number of rotatable bonds is 3. The Hall–Kier alpha value is -1.03. The Bertz CT molecular complexity index is 650. The minimum absolute atomic E-state index is 0.00280. The number of carboxylic acids is 1. The molecule has 0 saturated carbocycles. The molecule has 9 heteroatoms. The van der Waals surface area contributed by atoms with Crippen LogP contribution in [-0.2, 0) is 14.8 Å². The van der Waals surface area contributed by atoms with Crippen LogP contribution in [0.15, 0.2) is 27.6 Å². The standard InChI is InChI=1S/C11H11BrFNO5S/c12-8-3-6(13)1-2-10(8)20(18,19)14-5-7(15)4-9(14)11(16)17/h1-3,7,9,15H,4-5H2,(H,16,17)/t7-,9+/m1/s1.